The van der Waals surface area contributed by atoms with E-state index in [4.69, 9.17) is 21.1 Å². The molecule has 2 N–H and O–H groups in total. The summed E-state index contributed by atoms with van der Waals surface area (Å²) in [5.41, 5.74) is 0.611. The van der Waals surface area contributed by atoms with Gasteiger partial charge >= 0.3 is 5.97 Å². The Kier molecular flexibility index (Phi) is 6.52. The van der Waals surface area contributed by atoms with Crippen molar-refractivity contribution in [2.75, 3.05) is 18.4 Å². The summed E-state index contributed by atoms with van der Waals surface area (Å²) in [6, 6.07) is 8.81. The number of carbonyl (C=O) groups is 1. The van der Waals surface area contributed by atoms with Gasteiger partial charge in [-0.05, 0) is 61.3 Å². The van der Waals surface area contributed by atoms with Crippen LogP contribution in [0.5, 0.6) is 5.75 Å². The molecule has 0 heterocycles. The highest BCUT2D eigenvalue weighted by molar-refractivity contribution is 7.92. The fraction of sp³-hybridized carbons (Fsp3) is 0.391. The minimum Gasteiger partial charge on any atom is -0.491 e. The molecular weight excluding hydrogens is 468 g/mol. The molecule has 0 bridgehead atoms. The van der Waals surface area contributed by atoms with Crippen LogP contribution in [0.25, 0.3) is 0 Å². The summed E-state index contributed by atoms with van der Waals surface area (Å²) in [6.45, 7) is 0.346. The summed E-state index contributed by atoms with van der Waals surface area (Å²) in [5, 5.41) is 18.9. The van der Waals surface area contributed by atoms with Crippen LogP contribution in [0.15, 0.2) is 35.2 Å². The van der Waals surface area contributed by atoms with Crippen molar-refractivity contribution in [3.8, 4) is 11.8 Å². The van der Waals surface area contributed by atoms with Crippen molar-refractivity contribution < 1.29 is 27.8 Å². The molecule has 0 spiro atoms. The van der Waals surface area contributed by atoms with Gasteiger partial charge in [0, 0.05) is 13.2 Å². The topological polar surface area (TPSA) is 126 Å². The van der Waals surface area contributed by atoms with Crippen LogP contribution < -0.4 is 9.46 Å². The van der Waals surface area contributed by atoms with Gasteiger partial charge in [-0.3, -0.25) is 4.72 Å². The zero-order valence-electron chi connectivity index (χ0n) is 17.9. The Labute approximate surface area is 197 Å². The maximum atomic E-state index is 13.4. The van der Waals surface area contributed by atoms with E-state index in [0.717, 1.165) is 25.7 Å². The fourth-order valence-corrected chi connectivity index (χ4v) is 5.46. The van der Waals surface area contributed by atoms with E-state index in [-0.39, 0.29) is 50.4 Å². The van der Waals surface area contributed by atoms with Gasteiger partial charge in [0.05, 0.1) is 39.4 Å². The number of sulfonamides is 1. The Morgan fingerprint density at radius 1 is 1.27 bits per heavy atom. The minimum absolute atomic E-state index is 0.0704. The van der Waals surface area contributed by atoms with Crippen molar-refractivity contribution in [2.45, 2.75) is 42.6 Å². The highest BCUT2D eigenvalue weighted by Crippen LogP contribution is 2.44. The first-order valence-corrected chi connectivity index (χ1v) is 12.4. The highest BCUT2D eigenvalue weighted by atomic mass is 35.5. The third-order valence-corrected chi connectivity index (χ3v) is 7.74. The number of methoxy groups -OCH3 is 1. The maximum Gasteiger partial charge on any atom is 0.335 e. The van der Waals surface area contributed by atoms with Crippen LogP contribution in [0.3, 0.4) is 0 Å². The van der Waals surface area contributed by atoms with Crippen molar-refractivity contribution in [1.82, 2.24) is 0 Å². The Balaban J connectivity index is 1.65. The third-order valence-electron chi connectivity index (χ3n) is 6.00. The predicted molar refractivity (Wildman–Crippen MR) is 121 cm³/mol. The van der Waals surface area contributed by atoms with Crippen LogP contribution in [0.4, 0.5) is 5.69 Å². The number of halogens is 1. The number of aromatic carboxylic acids is 1. The second kappa shape index (κ2) is 9.21. The summed E-state index contributed by atoms with van der Waals surface area (Å²) in [7, 11) is -2.52. The lowest BCUT2D eigenvalue weighted by molar-refractivity contribution is -0.0140. The van der Waals surface area contributed by atoms with Crippen LogP contribution in [-0.2, 0) is 14.8 Å². The van der Waals surface area contributed by atoms with E-state index in [1.165, 1.54) is 24.3 Å². The van der Waals surface area contributed by atoms with E-state index in [0.29, 0.717) is 12.2 Å². The van der Waals surface area contributed by atoms with Crippen LogP contribution in [0, 0.1) is 17.2 Å². The number of carboxylic acids is 1. The van der Waals surface area contributed by atoms with Gasteiger partial charge in [-0.15, -0.1) is 0 Å². The number of rotatable bonds is 9. The van der Waals surface area contributed by atoms with Gasteiger partial charge < -0.3 is 14.6 Å². The first-order valence-electron chi connectivity index (χ1n) is 10.5. The molecule has 174 valence electrons. The molecule has 2 aliphatic carbocycles. The largest absolute Gasteiger partial charge is 0.491 e. The van der Waals surface area contributed by atoms with Crippen molar-refractivity contribution in [3.05, 3.63) is 52.0 Å². The first-order chi connectivity index (χ1) is 15.7. The highest BCUT2D eigenvalue weighted by Gasteiger charge is 2.32. The number of benzene rings is 2. The molecule has 2 saturated carbocycles. The minimum atomic E-state index is -4.17. The Bertz CT molecular complexity index is 1230. The standard InChI is InChI=1S/C23H23ClN2O6S/c1-31-17-6-13(7-17)12-32-21-10-19(24)16(11-25)8-20(21)26-33(29,30)22-9-15(23(27)28)4-5-18(22)14-2-3-14/h4-5,8-10,13-14,17,26H,2-3,6-7,12H2,1H3,(H,27,28)/t13-,17+. The molecule has 0 radical (unpaired) electrons. The number of ether oxygens (including phenoxy) is 2. The van der Waals surface area contributed by atoms with Crippen molar-refractivity contribution in [2.24, 2.45) is 5.92 Å². The lowest BCUT2D eigenvalue weighted by Gasteiger charge is -2.34. The molecule has 2 aliphatic rings. The molecule has 0 saturated heterocycles. The van der Waals surface area contributed by atoms with E-state index in [9.17, 15) is 23.6 Å². The number of nitrogens with one attached hydrogen (secondary N) is 1. The maximum absolute atomic E-state index is 13.4. The summed E-state index contributed by atoms with van der Waals surface area (Å²) in [5.74, 6) is -0.679. The first kappa shape index (κ1) is 23.4. The predicted octanol–water partition coefficient (Wildman–Crippen LogP) is 4.39. The van der Waals surface area contributed by atoms with Gasteiger partial charge in [0.1, 0.15) is 11.8 Å². The molecule has 4 rings (SSSR count). The molecule has 2 aromatic rings. The van der Waals surface area contributed by atoms with E-state index >= 15 is 0 Å². The van der Waals surface area contributed by atoms with E-state index < -0.39 is 16.0 Å². The average Bonchev–Trinajstić information content (AvgIpc) is 3.59. The smallest absolute Gasteiger partial charge is 0.335 e. The van der Waals surface area contributed by atoms with Gasteiger partial charge in [-0.25, -0.2) is 13.2 Å². The Morgan fingerprint density at radius 3 is 2.61 bits per heavy atom. The van der Waals surface area contributed by atoms with Gasteiger partial charge in [0.15, 0.2) is 0 Å². The zero-order chi connectivity index (χ0) is 23.8. The lowest BCUT2D eigenvalue weighted by atomic mass is 9.83. The summed E-state index contributed by atoms with van der Waals surface area (Å²) in [6.07, 6.45) is 3.56. The van der Waals surface area contributed by atoms with Crippen LogP contribution >= 0.6 is 11.6 Å². The fourth-order valence-electron chi connectivity index (χ4n) is 3.88. The Hall–Kier alpha value is -2.80. The summed E-state index contributed by atoms with van der Waals surface area (Å²) >= 11 is 6.16. The lowest BCUT2D eigenvalue weighted by Crippen LogP contribution is -2.34. The molecule has 0 unspecified atom stereocenters. The Morgan fingerprint density at radius 2 is 2.00 bits per heavy atom. The molecule has 0 atom stereocenters. The van der Waals surface area contributed by atoms with Crippen molar-refractivity contribution >= 4 is 33.3 Å². The van der Waals surface area contributed by atoms with Gasteiger partial charge in [-0.1, -0.05) is 17.7 Å². The third kappa shape index (κ3) is 5.08. The summed E-state index contributed by atoms with van der Waals surface area (Å²) < 4.78 is 40.4. The van der Waals surface area contributed by atoms with E-state index in [2.05, 4.69) is 4.72 Å². The molecule has 0 aliphatic heterocycles. The number of carboxylic acid groups (broad SMARTS) is 1. The molecule has 10 heteroatoms. The molecule has 8 nitrogen and oxygen atoms in total. The number of nitrogens with zero attached hydrogens (tertiary/aromatic N) is 1. The van der Waals surface area contributed by atoms with Crippen molar-refractivity contribution in [1.29, 1.82) is 5.26 Å². The van der Waals surface area contributed by atoms with Crippen LogP contribution in [0.1, 0.15) is 53.1 Å². The van der Waals surface area contributed by atoms with Gasteiger partial charge in [-0.2, -0.15) is 5.26 Å². The number of nitriles is 1. The second-order valence-electron chi connectivity index (χ2n) is 8.38. The number of hydrogen-bond donors (Lipinski definition) is 2. The number of anilines is 1. The normalized spacial score (nSPS) is 19.9. The second-order valence-corrected chi connectivity index (χ2v) is 10.4. The SMILES string of the molecule is CO[C@H]1C[C@@H](COc2cc(Cl)c(C#N)cc2NS(=O)(=O)c2cc(C(=O)O)ccc2C2CC2)C1. The zero-order valence-corrected chi connectivity index (χ0v) is 19.4. The number of hydrogen-bond acceptors (Lipinski definition) is 6. The molecule has 0 amide bonds. The monoisotopic (exact) mass is 490 g/mol. The van der Waals surface area contributed by atoms with Crippen LogP contribution in [-0.4, -0.2) is 39.3 Å². The molecule has 0 aromatic heterocycles. The van der Waals surface area contributed by atoms with Crippen LogP contribution in [0.2, 0.25) is 5.02 Å². The van der Waals surface area contributed by atoms with Gasteiger partial charge in [0.25, 0.3) is 10.0 Å². The van der Waals surface area contributed by atoms with E-state index in [1.807, 2.05) is 6.07 Å². The molecule has 33 heavy (non-hydrogen) atoms. The summed E-state index contributed by atoms with van der Waals surface area (Å²) in [4.78, 5) is 11.4. The quantitative estimate of drug-likeness (QED) is 0.533. The molecule has 2 aromatic carbocycles. The molecule has 2 fully saturated rings. The van der Waals surface area contributed by atoms with E-state index in [1.54, 1.807) is 13.2 Å². The van der Waals surface area contributed by atoms with Crippen molar-refractivity contribution in [3.63, 3.8) is 0 Å². The molecular formula is C23H23ClN2O6S. The van der Waals surface area contributed by atoms with Gasteiger partial charge in [0.2, 0.25) is 0 Å². The average molecular weight is 491 g/mol.